The van der Waals surface area contributed by atoms with E-state index in [-0.39, 0.29) is 0 Å². The van der Waals surface area contributed by atoms with Crippen LogP contribution < -0.4 is 10.2 Å². The SMILES string of the molecule is CC1CCN(c2ncc(Br)cc2CNC2CC2)C(C)C1. The number of hydrogen-bond acceptors (Lipinski definition) is 3. The highest BCUT2D eigenvalue weighted by atomic mass is 79.9. The van der Waals surface area contributed by atoms with Crippen LogP contribution in [0.1, 0.15) is 45.1 Å². The zero-order valence-corrected chi connectivity index (χ0v) is 14.0. The third kappa shape index (κ3) is 3.34. The van der Waals surface area contributed by atoms with Gasteiger partial charge in [0.1, 0.15) is 5.82 Å². The first-order chi connectivity index (χ1) is 9.63. The molecular formula is C16H24BrN3. The van der Waals surface area contributed by atoms with Crippen molar-refractivity contribution in [3.63, 3.8) is 0 Å². The molecule has 1 aliphatic carbocycles. The van der Waals surface area contributed by atoms with Crippen LogP contribution in [0.25, 0.3) is 0 Å². The van der Waals surface area contributed by atoms with Crippen LogP contribution in [0.15, 0.2) is 16.7 Å². The first-order valence-electron chi connectivity index (χ1n) is 7.78. The minimum Gasteiger partial charge on any atom is -0.354 e. The molecule has 0 aromatic carbocycles. The molecule has 3 rings (SSSR count). The standard InChI is InChI=1S/C16H24BrN3/c1-11-5-6-20(12(2)7-11)16-13(8-14(17)10-19-16)9-18-15-3-4-15/h8,10-12,15,18H,3-7,9H2,1-2H3. The zero-order chi connectivity index (χ0) is 14.1. The largest absolute Gasteiger partial charge is 0.354 e. The van der Waals surface area contributed by atoms with Crippen LogP contribution in [0.5, 0.6) is 0 Å². The Kier molecular flexibility index (Phi) is 4.32. The topological polar surface area (TPSA) is 28.2 Å². The summed E-state index contributed by atoms with van der Waals surface area (Å²) in [6.07, 6.45) is 7.13. The average molecular weight is 338 g/mol. The van der Waals surface area contributed by atoms with E-state index in [1.54, 1.807) is 0 Å². The van der Waals surface area contributed by atoms with Crippen molar-refractivity contribution in [3.8, 4) is 0 Å². The molecule has 20 heavy (non-hydrogen) atoms. The molecule has 1 N–H and O–H groups in total. The maximum Gasteiger partial charge on any atom is 0.133 e. The summed E-state index contributed by atoms with van der Waals surface area (Å²) in [6.45, 7) is 6.76. The molecule has 0 amide bonds. The number of halogens is 1. The first-order valence-corrected chi connectivity index (χ1v) is 8.57. The first kappa shape index (κ1) is 14.3. The maximum atomic E-state index is 4.71. The Labute approximate surface area is 130 Å². The number of anilines is 1. The predicted octanol–water partition coefficient (Wildman–Crippen LogP) is 3.72. The Morgan fingerprint density at radius 3 is 2.85 bits per heavy atom. The Hall–Kier alpha value is -0.610. The summed E-state index contributed by atoms with van der Waals surface area (Å²) in [5.41, 5.74) is 1.33. The maximum absolute atomic E-state index is 4.71. The van der Waals surface area contributed by atoms with Crippen molar-refractivity contribution in [1.82, 2.24) is 10.3 Å². The van der Waals surface area contributed by atoms with Gasteiger partial charge in [-0.25, -0.2) is 4.98 Å². The molecule has 1 saturated carbocycles. The van der Waals surface area contributed by atoms with Crippen LogP contribution >= 0.6 is 15.9 Å². The summed E-state index contributed by atoms with van der Waals surface area (Å²) < 4.78 is 1.08. The lowest BCUT2D eigenvalue weighted by molar-refractivity contribution is 0.375. The number of pyridine rings is 1. The van der Waals surface area contributed by atoms with Gasteiger partial charge in [0, 0.05) is 41.4 Å². The lowest BCUT2D eigenvalue weighted by atomic mass is 9.93. The molecule has 2 aliphatic rings. The molecule has 2 fully saturated rings. The lowest BCUT2D eigenvalue weighted by Crippen LogP contribution is -2.41. The van der Waals surface area contributed by atoms with E-state index in [1.807, 2.05) is 6.20 Å². The third-order valence-corrected chi connectivity index (χ3v) is 4.91. The van der Waals surface area contributed by atoms with Gasteiger partial charge in [-0.05, 0) is 60.5 Å². The van der Waals surface area contributed by atoms with Gasteiger partial charge in [0.2, 0.25) is 0 Å². The number of nitrogens with one attached hydrogen (secondary N) is 1. The number of aromatic nitrogens is 1. The van der Waals surface area contributed by atoms with Crippen molar-refractivity contribution in [3.05, 3.63) is 22.3 Å². The van der Waals surface area contributed by atoms with Gasteiger partial charge in [-0.3, -0.25) is 0 Å². The minimum absolute atomic E-state index is 0.590. The van der Waals surface area contributed by atoms with Crippen molar-refractivity contribution in [2.75, 3.05) is 11.4 Å². The molecule has 1 saturated heterocycles. The summed E-state index contributed by atoms with van der Waals surface area (Å²) in [5, 5.41) is 3.62. The Balaban J connectivity index is 1.79. The Morgan fingerprint density at radius 2 is 2.15 bits per heavy atom. The van der Waals surface area contributed by atoms with Gasteiger partial charge in [0.25, 0.3) is 0 Å². The minimum atomic E-state index is 0.590. The Morgan fingerprint density at radius 1 is 1.35 bits per heavy atom. The van der Waals surface area contributed by atoms with Crippen LogP contribution in [0.2, 0.25) is 0 Å². The number of nitrogens with zero attached hydrogens (tertiary/aromatic N) is 2. The summed E-state index contributed by atoms with van der Waals surface area (Å²) >= 11 is 3.56. The smallest absolute Gasteiger partial charge is 0.133 e. The second-order valence-electron chi connectivity index (χ2n) is 6.46. The van der Waals surface area contributed by atoms with Crippen molar-refractivity contribution >= 4 is 21.7 Å². The van der Waals surface area contributed by atoms with E-state index in [0.29, 0.717) is 6.04 Å². The van der Waals surface area contributed by atoms with E-state index in [4.69, 9.17) is 4.98 Å². The van der Waals surface area contributed by atoms with Gasteiger partial charge in [0.05, 0.1) is 0 Å². The fraction of sp³-hybridized carbons (Fsp3) is 0.688. The molecule has 0 radical (unpaired) electrons. The van der Waals surface area contributed by atoms with E-state index in [1.165, 1.54) is 37.1 Å². The van der Waals surface area contributed by atoms with Crippen LogP contribution in [0, 0.1) is 5.92 Å². The van der Waals surface area contributed by atoms with Gasteiger partial charge in [-0.1, -0.05) is 6.92 Å². The summed E-state index contributed by atoms with van der Waals surface area (Å²) in [7, 11) is 0. The molecule has 2 atom stereocenters. The fourth-order valence-electron chi connectivity index (χ4n) is 3.13. The van der Waals surface area contributed by atoms with Gasteiger partial charge < -0.3 is 10.2 Å². The normalized spacial score (nSPS) is 26.9. The van der Waals surface area contributed by atoms with E-state index >= 15 is 0 Å². The zero-order valence-electron chi connectivity index (χ0n) is 12.4. The highest BCUT2D eigenvalue weighted by molar-refractivity contribution is 9.10. The van der Waals surface area contributed by atoms with E-state index in [2.05, 4.69) is 46.1 Å². The molecule has 1 aromatic rings. The van der Waals surface area contributed by atoms with Crippen LogP contribution in [-0.4, -0.2) is 23.6 Å². The highest BCUT2D eigenvalue weighted by Crippen LogP contribution is 2.30. The van der Waals surface area contributed by atoms with Crippen LogP contribution in [-0.2, 0) is 6.54 Å². The summed E-state index contributed by atoms with van der Waals surface area (Å²) in [5.74, 6) is 2.02. The molecule has 3 nitrogen and oxygen atoms in total. The number of hydrogen-bond donors (Lipinski definition) is 1. The van der Waals surface area contributed by atoms with Gasteiger partial charge in [-0.15, -0.1) is 0 Å². The molecule has 0 spiro atoms. The van der Waals surface area contributed by atoms with Crippen molar-refractivity contribution in [2.45, 2.75) is 58.2 Å². The molecular weight excluding hydrogens is 314 g/mol. The molecule has 1 aliphatic heterocycles. The van der Waals surface area contributed by atoms with E-state index in [0.717, 1.165) is 29.5 Å². The van der Waals surface area contributed by atoms with Crippen LogP contribution in [0.3, 0.4) is 0 Å². The molecule has 0 bridgehead atoms. The van der Waals surface area contributed by atoms with Gasteiger partial charge in [0.15, 0.2) is 0 Å². The second-order valence-corrected chi connectivity index (χ2v) is 7.38. The third-order valence-electron chi connectivity index (χ3n) is 4.48. The summed E-state index contributed by atoms with van der Waals surface area (Å²) in [6, 6.07) is 3.55. The van der Waals surface area contributed by atoms with E-state index < -0.39 is 0 Å². The van der Waals surface area contributed by atoms with Crippen LogP contribution in [0.4, 0.5) is 5.82 Å². The highest BCUT2D eigenvalue weighted by Gasteiger charge is 2.26. The monoisotopic (exact) mass is 337 g/mol. The number of piperidine rings is 1. The van der Waals surface area contributed by atoms with Crippen molar-refractivity contribution < 1.29 is 0 Å². The van der Waals surface area contributed by atoms with E-state index in [9.17, 15) is 0 Å². The molecule has 2 unspecified atom stereocenters. The Bertz CT molecular complexity index is 473. The number of rotatable bonds is 4. The van der Waals surface area contributed by atoms with Gasteiger partial charge in [-0.2, -0.15) is 0 Å². The molecule has 2 heterocycles. The second kappa shape index (κ2) is 6.02. The molecule has 110 valence electrons. The predicted molar refractivity (Wildman–Crippen MR) is 87.0 cm³/mol. The fourth-order valence-corrected chi connectivity index (χ4v) is 3.51. The molecule has 4 heteroatoms. The van der Waals surface area contributed by atoms with Crippen molar-refractivity contribution in [2.24, 2.45) is 5.92 Å². The van der Waals surface area contributed by atoms with Crippen molar-refractivity contribution in [1.29, 1.82) is 0 Å². The molecule has 1 aromatic heterocycles. The quantitative estimate of drug-likeness (QED) is 0.907. The summed E-state index contributed by atoms with van der Waals surface area (Å²) in [4.78, 5) is 7.21. The average Bonchev–Trinajstić information content (AvgIpc) is 3.21. The van der Waals surface area contributed by atoms with Gasteiger partial charge >= 0.3 is 0 Å². The lowest BCUT2D eigenvalue weighted by Gasteiger charge is -2.38.